The van der Waals surface area contributed by atoms with E-state index in [0.29, 0.717) is 0 Å². The molecule has 0 amide bonds. The Hall–Kier alpha value is -5.08. The first kappa shape index (κ1) is 26.3. The number of aromatic nitrogens is 2. The molecule has 0 radical (unpaired) electrons. The first-order chi connectivity index (χ1) is 22.2. The summed E-state index contributed by atoms with van der Waals surface area (Å²) in [5, 5.41) is 9.65. The highest BCUT2D eigenvalue weighted by Crippen LogP contribution is 2.43. The Labute approximate surface area is 266 Å². The number of para-hydroxylation sites is 1. The van der Waals surface area contributed by atoms with Crippen molar-refractivity contribution in [3.8, 4) is 11.1 Å². The van der Waals surface area contributed by atoms with Crippen molar-refractivity contribution < 1.29 is 0 Å². The summed E-state index contributed by atoms with van der Waals surface area (Å²) in [4.78, 5) is 5.21. The topological polar surface area (TPSA) is 17.3 Å². The lowest BCUT2D eigenvalue weighted by molar-refractivity contribution is 1.31. The zero-order valence-corrected chi connectivity index (χ0v) is 26.0. The van der Waals surface area contributed by atoms with Crippen LogP contribution in [0, 0.1) is 0 Å². The molecule has 0 N–H and O–H groups in total. The molecule has 0 atom stereocenters. The van der Waals surface area contributed by atoms with Gasteiger partial charge in [0.25, 0.3) is 0 Å². The standard InChI is InChI=1S/C41H27N2PS/c45-44(32-11-3-1-4-12-32,33-13-5-2-6-14-33)34-23-21-28-19-20-29(25-31(28)26-34)30-22-24-40-38(27-30)42-41-37-17-8-7-15-35(37)36-16-9-10-18-39(36)43(40)41/h1-27H. The first-order valence-electron chi connectivity index (χ1n) is 15.2. The molecule has 7 aromatic carbocycles. The summed E-state index contributed by atoms with van der Waals surface area (Å²) in [5.41, 5.74) is 6.59. The Bertz CT molecular complexity index is 2580. The van der Waals surface area contributed by atoms with Crippen LogP contribution in [0.15, 0.2) is 164 Å². The van der Waals surface area contributed by atoms with Crippen LogP contribution in [0.2, 0.25) is 0 Å². The van der Waals surface area contributed by atoms with Crippen molar-refractivity contribution in [2.45, 2.75) is 0 Å². The van der Waals surface area contributed by atoms with E-state index in [4.69, 9.17) is 16.8 Å². The highest BCUT2D eigenvalue weighted by molar-refractivity contribution is 8.25. The third-order valence-corrected chi connectivity index (χ3v) is 14.0. The molecule has 9 rings (SSSR count). The number of hydrogen-bond donors (Lipinski definition) is 0. The predicted octanol–water partition coefficient (Wildman–Crippen LogP) is 9.37. The fraction of sp³-hybridized carbons (Fsp3) is 0. The summed E-state index contributed by atoms with van der Waals surface area (Å²) in [6.45, 7) is 0. The Morgan fingerprint density at radius 3 is 1.80 bits per heavy atom. The van der Waals surface area contributed by atoms with E-state index in [-0.39, 0.29) is 0 Å². The summed E-state index contributed by atoms with van der Waals surface area (Å²) >= 11 is 6.64. The molecule has 4 heteroatoms. The molecule has 0 aliphatic rings. The number of imidazole rings is 1. The summed E-state index contributed by atoms with van der Waals surface area (Å²) in [6, 6.07) is 56.4. The van der Waals surface area contributed by atoms with E-state index in [1.54, 1.807) is 0 Å². The monoisotopic (exact) mass is 610 g/mol. The lowest BCUT2D eigenvalue weighted by Gasteiger charge is -2.24. The second-order valence-electron chi connectivity index (χ2n) is 11.6. The Morgan fingerprint density at radius 2 is 1.04 bits per heavy atom. The number of fused-ring (bicyclic) bond motifs is 9. The van der Waals surface area contributed by atoms with Crippen LogP contribution >= 0.6 is 6.04 Å². The molecule has 45 heavy (non-hydrogen) atoms. The van der Waals surface area contributed by atoms with Gasteiger partial charge in [-0.15, -0.1) is 0 Å². The molecule has 0 aliphatic carbocycles. The molecular formula is C41H27N2PS. The number of nitrogens with zero attached hydrogens (tertiary/aromatic N) is 2. The molecule has 0 spiro atoms. The van der Waals surface area contributed by atoms with Gasteiger partial charge < -0.3 is 0 Å². The number of benzene rings is 7. The largest absolute Gasteiger partial charge is 0.292 e. The van der Waals surface area contributed by atoms with Gasteiger partial charge >= 0.3 is 0 Å². The van der Waals surface area contributed by atoms with Crippen LogP contribution in [-0.4, -0.2) is 9.38 Å². The van der Waals surface area contributed by atoms with Gasteiger partial charge in [-0.2, -0.15) is 0 Å². The average Bonchev–Trinajstić information content (AvgIpc) is 3.51. The van der Waals surface area contributed by atoms with Gasteiger partial charge in [0.05, 0.1) is 16.6 Å². The fourth-order valence-electron chi connectivity index (χ4n) is 6.83. The van der Waals surface area contributed by atoms with Gasteiger partial charge in [-0.3, -0.25) is 4.40 Å². The van der Waals surface area contributed by atoms with Crippen LogP contribution in [0.25, 0.3) is 60.3 Å². The van der Waals surface area contributed by atoms with Crippen molar-refractivity contribution >= 4 is 82.9 Å². The quantitative estimate of drug-likeness (QED) is 0.146. The van der Waals surface area contributed by atoms with Crippen LogP contribution in [0.4, 0.5) is 0 Å². The van der Waals surface area contributed by atoms with Crippen molar-refractivity contribution in [1.29, 1.82) is 0 Å². The van der Waals surface area contributed by atoms with Crippen molar-refractivity contribution in [3.63, 3.8) is 0 Å². The van der Waals surface area contributed by atoms with Gasteiger partial charge in [0.2, 0.25) is 0 Å². The van der Waals surface area contributed by atoms with E-state index in [1.165, 1.54) is 53.9 Å². The lowest BCUT2D eigenvalue weighted by atomic mass is 10.0. The van der Waals surface area contributed by atoms with Gasteiger partial charge in [-0.25, -0.2) is 4.98 Å². The van der Waals surface area contributed by atoms with Gasteiger partial charge in [0, 0.05) is 16.8 Å². The van der Waals surface area contributed by atoms with Crippen molar-refractivity contribution in [1.82, 2.24) is 9.38 Å². The van der Waals surface area contributed by atoms with E-state index in [1.807, 2.05) is 0 Å². The smallest absolute Gasteiger partial charge is 0.146 e. The highest BCUT2D eigenvalue weighted by atomic mass is 32.4. The first-order valence-corrected chi connectivity index (χ1v) is 18.0. The molecule has 9 aromatic rings. The third kappa shape index (κ3) is 4.09. The summed E-state index contributed by atoms with van der Waals surface area (Å²) in [6.07, 6.45) is 0. The predicted molar refractivity (Wildman–Crippen MR) is 197 cm³/mol. The van der Waals surface area contributed by atoms with Crippen molar-refractivity contribution in [3.05, 3.63) is 164 Å². The maximum absolute atomic E-state index is 6.64. The minimum atomic E-state index is -2.24. The van der Waals surface area contributed by atoms with Crippen molar-refractivity contribution in [2.24, 2.45) is 0 Å². The van der Waals surface area contributed by atoms with Gasteiger partial charge in [-0.1, -0.05) is 145 Å². The van der Waals surface area contributed by atoms with E-state index in [2.05, 4.69) is 168 Å². The second kappa shape index (κ2) is 10.2. The molecule has 2 nitrogen and oxygen atoms in total. The Balaban J connectivity index is 1.21. The normalized spacial score (nSPS) is 12.1. The summed E-state index contributed by atoms with van der Waals surface area (Å²) in [7, 11) is 0. The maximum Gasteiger partial charge on any atom is 0.146 e. The summed E-state index contributed by atoms with van der Waals surface area (Å²) < 4.78 is 2.31. The minimum absolute atomic E-state index is 0.992. The molecule has 2 aromatic heterocycles. The molecule has 0 unspecified atom stereocenters. The van der Waals surface area contributed by atoms with Crippen LogP contribution < -0.4 is 15.9 Å². The molecule has 212 valence electrons. The van der Waals surface area contributed by atoms with E-state index >= 15 is 0 Å². The van der Waals surface area contributed by atoms with Crippen LogP contribution in [0.5, 0.6) is 0 Å². The number of pyridine rings is 1. The molecular weight excluding hydrogens is 584 g/mol. The Kier molecular flexibility index (Phi) is 5.99. The zero-order chi connectivity index (χ0) is 30.0. The SMILES string of the molecule is S=P(c1ccccc1)(c1ccccc1)c1ccc2ccc(-c3ccc4c(c3)nc3c5ccccc5c5ccccc5n43)cc2c1. The van der Waals surface area contributed by atoms with Crippen LogP contribution in [0.3, 0.4) is 0 Å². The molecule has 0 saturated carbocycles. The number of rotatable bonds is 4. The molecule has 0 saturated heterocycles. The van der Waals surface area contributed by atoms with Crippen LogP contribution in [-0.2, 0) is 11.8 Å². The van der Waals surface area contributed by atoms with Crippen LogP contribution in [0.1, 0.15) is 0 Å². The fourth-order valence-corrected chi connectivity index (χ4v) is 10.6. The van der Waals surface area contributed by atoms with Gasteiger partial charge in [0.1, 0.15) is 5.65 Å². The summed E-state index contributed by atoms with van der Waals surface area (Å²) in [5.74, 6) is 0. The molecule has 0 fully saturated rings. The third-order valence-electron chi connectivity index (χ3n) is 9.02. The average molecular weight is 611 g/mol. The lowest BCUT2D eigenvalue weighted by Crippen LogP contribution is -2.24. The van der Waals surface area contributed by atoms with Crippen molar-refractivity contribution in [2.75, 3.05) is 0 Å². The minimum Gasteiger partial charge on any atom is -0.292 e. The van der Waals surface area contributed by atoms with Gasteiger partial charge in [-0.05, 0) is 73.5 Å². The Morgan fingerprint density at radius 1 is 0.444 bits per heavy atom. The van der Waals surface area contributed by atoms with E-state index in [0.717, 1.165) is 22.2 Å². The molecule has 2 heterocycles. The zero-order valence-electron chi connectivity index (χ0n) is 24.3. The molecule has 0 bridgehead atoms. The van der Waals surface area contributed by atoms with Gasteiger partial charge in [0.15, 0.2) is 0 Å². The molecule has 0 aliphatic heterocycles. The van der Waals surface area contributed by atoms with E-state index in [9.17, 15) is 0 Å². The maximum atomic E-state index is 6.64. The second-order valence-corrected chi connectivity index (χ2v) is 16.0. The highest BCUT2D eigenvalue weighted by Gasteiger charge is 2.25. The number of hydrogen-bond acceptors (Lipinski definition) is 2. The van der Waals surface area contributed by atoms with E-state index < -0.39 is 6.04 Å².